The van der Waals surface area contributed by atoms with Gasteiger partial charge in [0.2, 0.25) is 0 Å². The molecule has 0 bridgehead atoms. The monoisotopic (exact) mass is 318 g/mol. The van der Waals surface area contributed by atoms with Gasteiger partial charge in [0.25, 0.3) is 5.91 Å². The molecule has 0 saturated carbocycles. The molecule has 0 fully saturated rings. The second kappa shape index (κ2) is 5.97. The zero-order valence-electron chi connectivity index (χ0n) is 10.9. The number of halogens is 1. The molecule has 3 nitrogen and oxygen atoms in total. The molecule has 0 spiro atoms. The summed E-state index contributed by atoms with van der Waals surface area (Å²) < 4.78 is 0.660. The first-order chi connectivity index (χ1) is 9.11. The summed E-state index contributed by atoms with van der Waals surface area (Å²) in [4.78, 5) is 18.0. The number of rotatable bonds is 3. The molecular weight excluding hydrogens is 304 g/mol. The van der Waals surface area contributed by atoms with E-state index in [9.17, 15) is 4.79 Å². The van der Waals surface area contributed by atoms with E-state index < -0.39 is 0 Å². The summed E-state index contributed by atoms with van der Waals surface area (Å²) in [6, 6.07) is 11.5. The third-order valence-electron chi connectivity index (χ3n) is 3.01. The number of carbonyl (C=O) groups excluding carboxylic acids is 1. The van der Waals surface area contributed by atoms with Crippen LogP contribution in [-0.2, 0) is 6.42 Å². The number of carbonyl (C=O) groups is 1. The van der Waals surface area contributed by atoms with Crippen LogP contribution >= 0.6 is 15.9 Å². The lowest BCUT2D eigenvalue weighted by Crippen LogP contribution is -2.26. The van der Waals surface area contributed by atoms with E-state index >= 15 is 0 Å². The van der Waals surface area contributed by atoms with E-state index in [1.54, 1.807) is 30.3 Å². The number of amides is 1. The summed E-state index contributed by atoms with van der Waals surface area (Å²) in [6.45, 7) is 2.11. The Bertz CT molecular complexity index is 581. The van der Waals surface area contributed by atoms with Crippen molar-refractivity contribution in [2.24, 2.45) is 0 Å². The highest BCUT2D eigenvalue weighted by Gasteiger charge is 2.13. The van der Waals surface area contributed by atoms with Crippen molar-refractivity contribution >= 4 is 27.5 Å². The van der Waals surface area contributed by atoms with Crippen LogP contribution in [-0.4, -0.2) is 17.9 Å². The maximum Gasteiger partial charge on any atom is 0.258 e. The summed E-state index contributed by atoms with van der Waals surface area (Å²) in [5.41, 5.74) is 2.76. The van der Waals surface area contributed by atoms with Gasteiger partial charge in [0.05, 0.1) is 0 Å². The van der Waals surface area contributed by atoms with Gasteiger partial charge >= 0.3 is 0 Å². The first kappa shape index (κ1) is 13.7. The van der Waals surface area contributed by atoms with Crippen LogP contribution in [0.5, 0.6) is 0 Å². The zero-order valence-corrected chi connectivity index (χ0v) is 12.5. The summed E-state index contributed by atoms with van der Waals surface area (Å²) in [6.07, 6.45) is 2.61. The Morgan fingerprint density at radius 3 is 2.53 bits per heavy atom. The van der Waals surface area contributed by atoms with Crippen molar-refractivity contribution < 1.29 is 4.79 Å². The molecule has 0 aliphatic rings. The average Bonchev–Trinajstić information content (AvgIpc) is 2.46. The first-order valence-electron chi connectivity index (χ1n) is 6.10. The molecule has 1 aromatic carbocycles. The van der Waals surface area contributed by atoms with Crippen molar-refractivity contribution in [2.75, 3.05) is 11.9 Å². The first-order valence-corrected chi connectivity index (χ1v) is 6.89. The van der Waals surface area contributed by atoms with E-state index in [0.717, 1.165) is 12.1 Å². The van der Waals surface area contributed by atoms with Gasteiger partial charge in [0.1, 0.15) is 4.60 Å². The molecule has 2 rings (SSSR count). The molecule has 0 saturated heterocycles. The third-order valence-corrected chi connectivity index (χ3v) is 3.44. The van der Waals surface area contributed by atoms with Crippen molar-refractivity contribution in [3.05, 3.63) is 58.3 Å². The molecule has 19 heavy (non-hydrogen) atoms. The lowest BCUT2D eigenvalue weighted by molar-refractivity contribution is 0.0993. The molecule has 0 unspecified atom stereocenters. The Balaban J connectivity index is 2.23. The molecule has 4 heteroatoms. The number of benzene rings is 1. The van der Waals surface area contributed by atoms with Crippen molar-refractivity contribution in [1.29, 1.82) is 0 Å². The van der Waals surface area contributed by atoms with Crippen LogP contribution in [0.3, 0.4) is 0 Å². The maximum absolute atomic E-state index is 12.3. The van der Waals surface area contributed by atoms with Gasteiger partial charge in [-0.05, 0) is 52.2 Å². The van der Waals surface area contributed by atoms with Crippen LogP contribution < -0.4 is 4.90 Å². The molecule has 98 valence electrons. The maximum atomic E-state index is 12.3. The van der Waals surface area contributed by atoms with Crippen LogP contribution in [0.25, 0.3) is 0 Å². The van der Waals surface area contributed by atoms with E-state index in [1.165, 1.54) is 5.56 Å². The van der Waals surface area contributed by atoms with Gasteiger partial charge in [-0.3, -0.25) is 4.79 Å². The fourth-order valence-corrected chi connectivity index (χ4v) is 2.17. The molecule has 0 atom stereocenters. The second-order valence-electron chi connectivity index (χ2n) is 4.25. The van der Waals surface area contributed by atoms with Gasteiger partial charge in [0, 0.05) is 24.5 Å². The summed E-state index contributed by atoms with van der Waals surface area (Å²) in [5.74, 6) is -0.0488. The highest BCUT2D eigenvalue weighted by atomic mass is 79.9. The number of pyridine rings is 1. The summed E-state index contributed by atoms with van der Waals surface area (Å²) in [7, 11) is 1.78. The predicted octanol–water partition coefficient (Wildman–Crippen LogP) is 3.68. The minimum Gasteiger partial charge on any atom is -0.311 e. The molecule has 0 N–H and O–H groups in total. The summed E-state index contributed by atoms with van der Waals surface area (Å²) in [5, 5.41) is 0. The number of anilines is 1. The van der Waals surface area contributed by atoms with Crippen molar-refractivity contribution in [2.45, 2.75) is 13.3 Å². The Morgan fingerprint density at radius 1 is 1.26 bits per heavy atom. The largest absolute Gasteiger partial charge is 0.311 e. The van der Waals surface area contributed by atoms with Crippen molar-refractivity contribution in [3.8, 4) is 0 Å². The zero-order chi connectivity index (χ0) is 13.8. The Morgan fingerprint density at radius 2 is 1.95 bits per heavy atom. The number of aromatic nitrogens is 1. The van der Waals surface area contributed by atoms with E-state index in [-0.39, 0.29) is 5.91 Å². The van der Waals surface area contributed by atoms with Crippen molar-refractivity contribution in [3.63, 3.8) is 0 Å². The lowest BCUT2D eigenvalue weighted by Gasteiger charge is -2.17. The van der Waals surface area contributed by atoms with Gasteiger partial charge in [-0.1, -0.05) is 19.1 Å². The van der Waals surface area contributed by atoms with E-state index in [4.69, 9.17) is 0 Å². The molecular formula is C15H15BrN2O. The minimum atomic E-state index is -0.0488. The van der Waals surface area contributed by atoms with Crippen LogP contribution in [0.1, 0.15) is 22.8 Å². The molecule has 0 aliphatic heterocycles. The normalized spacial score (nSPS) is 10.3. The van der Waals surface area contributed by atoms with Crippen LogP contribution in [0, 0.1) is 0 Å². The number of hydrogen-bond donors (Lipinski definition) is 0. The Labute approximate surface area is 121 Å². The third kappa shape index (κ3) is 3.20. The van der Waals surface area contributed by atoms with Gasteiger partial charge in [-0.25, -0.2) is 4.98 Å². The molecule has 0 radical (unpaired) electrons. The average molecular weight is 319 g/mol. The van der Waals surface area contributed by atoms with Crippen LogP contribution in [0.4, 0.5) is 5.69 Å². The second-order valence-corrected chi connectivity index (χ2v) is 5.06. The highest BCUT2D eigenvalue weighted by molar-refractivity contribution is 9.10. The predicted molar refractivity (Wildman–Crippen MR) is 80.5 cm³/mol. The molecule has 1 aromatic heterocycles. The molecule has 0 aliphatic carbocycles. The quantitative estimate of drug-likeness (QED) is 0.809. The minimum absolute atomic E-state index is 0.0488. The van der Waals surface area contributed by atoms with Gasteiger partial charge in [-0.15, -0.1) is 0 Å². The van der Waals surface area contributed by atoms with E-state index in [1.807, 2.05) is 24.3 Å². The van der Waals surface area contributed by atoms with Crippen LogP contribution in [0.2, 0.25) is 0 Å². The van der Waals surface area contributed by atoms with Crippen LogP contribution in [0.15, 0.2) is 47.2 Å². The Hall–Kier alpha value is -1.68. The van der Waals surface area contributed by atoms with Gasteiger partial charge in [0.15, 0.2) is 0 Å². The molecule has 1 heterocycles. The summed E-state index contributed by atoms with van der Waals surface area (Å²) >= 11 is 3.27. The van der Waals surface area contributed by atoms with E-state index in [0.29, 0.717) is 10.2 Å². The Kier molecular flexibility index (Phi) is 4.32. The highest BCUT2D eigenvalue weighted by Crippen LogP contribution is 2.18. The van der Waals surface area contributed by atoms with Gasteiger partial charge in [-0.2, -0.15) is 0 Å². The van der Waals surface area contributed by atoms with Gasteiger partial charge < -0.3 is 4.90 Å². The SMILES string of the molecule is CCc1ccc(N(C)C(=O)c2ccnc(Br)c2)cc1. The lowest BCUT2D eigenvalue weighted by atomic mass is 10.1. The number of nitrogens with zero attached hydrogens (tertiary/aromatic N) is 2. The molecule has 2 aromatic rings. The molecule has 1 amide bonds. The standard InChI is InChI=1S/C15H15BrN2O/c1-3-11-4-6-13(7-5-11)18(2)15(19)12-8-9-17-14(16)10-12/h4-10H,3H2,1-2H3. The fraction of sp³-hybridized carbons (Fsp3) is 0.200. The van der Waals surface area contributed by atoms with Crippen molar-refractivity contribution in [1.82, 2.24) is 4.98 Å². The van der Waals surface area contributed by atoms with E-state index in [2.05, 4.69) is 27.8 Å². The fourth-order valence-electron chi connectivity index (χ4n) is 1.80. The number of aryl methyl sites for hydroxylation is 1. The topological polar surface area (TPSA) is 33.2 Å². The number of hydrogen-bond acceptors (Lipinski definition) is 2. The smallest absolute Gasteiger partial charge is 0.258 e.